The Bertz CT molecular complexity index is 356. The van der Waals surface area contributed by atoms with Gasteiger partial charge in [0.1, 0.15) is 0 Å². The van der Waals surface area contributed by atoms with E-state index < -0.39 is 0 Å². The molecule has 0 aliphatic heterocycles. The van der Waals surface area contributed by atoms with Crippen LogP contribution in [0.25, 0.3) is 11.4 Å². The zero-order valence-corrected chi connectivity index (χ0v) is 6.15. The number of aromatic nitrogens is 3. The molecule has 4 nitrogen and oxygen atoms in total. The quantitative estimate of drug-likeness (QED) is 0.414. The molecule has 1 N–H and O–H groups in total. The van der Waals surface area contributed by atoms with Crippen LogP contribution in [0.3, 0.4) is 0 Å². The van der Waals surface area contributed by atoms with Crippen LogP contribution >= 0.6 is 0 Å². The number of hydrogen-bond donors (Lipinski definition) is 0. The Hall–Kier alpha value is -0.983. The van der Waals surface area contributed by atoms with E-state index in [0.717, 1.165) is 0 Å². The second-order valence-electron chi connectivity index (χ2n) is 1.94. The van der Waals surface area contributed by atoms with Crippen LogP contribution in [-0.4, -0.2) is 14.6 Å². The molecule has 2 heterocycles. The van der Waals surface area contributed by atoms with Crippen molar-refractivity contribution in [2.75, 3.05) is 0 Å². The molecule has 2 aromatic rings. The fourth-order valence-corrected chi connectivity index (χ4v) is 0.829. The molecule has 0 amide bonds. The Morgan fingerprint density at radius 1 is 1.45 bits per heavy atom. The molecule has 0 saturated carbocycles. The number of rotatable bonds is 0. The molecule has 50 valence electrons. The average Bonchev–Trinajstić information content (AvgIpc) is 2.34. The summed E-state index contributed by atoms with van der Waals surface area (Å²) >= 11 is 0. The first kappa shape index (κ1) is 8.12. The maximum absolute atomic E-state index is 7.28. The van der Waals surface area contributed by atoms with E-state index in [-0.39, 0.29) is 18.9 Å². The van der Waals surface area contributed by atoms with Gasteiger partial charge in [-0.2, -0.15) is 0 Å². The minimum absolute atomic E-state index is 0. The number of nitrogens with zero attached hydrogens (tertiary/aromatic N) is 3. The van der Waals surface area contributed by atoms with Crippen molar-refractivity contribution in [2.24, 2.45) is 0 Å². The smallest absolute Gasteiger partial charge is 0.479 e. The van der Waals surface area contributed by atoms with Crippen LogP contribution in [0.5, 0.6) is 0 Å². The van der Waals surface area contributed by atoms with Gasteiger partial charge in [-0.05, 0) is 18.0 Å². The van der Waals surface area contributed by atoms with Gasteiger partial charge in [-0.15, -0.1) is 0 Å². The first-order chi connectivity index (χ1) is 4.88. The second-order valence-corrected chi connectivity index (χ2v) is 1.94. The summed E-state index contributed by atoms with van der Waals surface area (Å²) in [6.07, 6.45) is 3.11. The first-order valence-corrected chi connectivity index (χ1v) is 2.88. The van der Waals surface area contributed by atoms with Crippen LogP contribution in [0, 0.1) is 0 Å². The second kappa shape index (κ2) is 2.95. The fourth-order valence-electron chi connectivity index (χ4n) is 0.829. The summed E-state index contributed by atoms with van der Waals surface area (Å²) in [5, 5.41) is 3.91. The zero-order valence-electron chi connectivity index (χ0n) is 6.15. The maximum Gasteiger partial charge on any atom is 1.00 e. The van der Waals surface area contributed by atoms with Gasteiger partial charge in [0.25, 0.3) is 0 Å². The van der Waals surface area contributed by atoms with Crippen LogP contribution in [0.15, 0.2) is 24.5 Å². The Morgan fingerprint density at radius 3 is 3.00 bits per heavy atom. The van der Waals surface area contributed by atoms with Crippen molar-refractivity contribution in [3.8, 4) is 0 Å². The van der Waals surface area contributed by atoms with Gasteiger partial charge in [0, 0.05) is 12.4 Å². The largest absolute Gasteiger partial charge is 1.00 e. The molecule has 0 aliphatic rings. The molecule has 0 unspecified atom stereocenters. The Balaban J connectivity index is 0.000000605. The SMILES string of the molecule is [Li+].[NH-]c1cnc2cccnn12. The molecule has 2 aromatic heterocycles. The van der Waals surface area contributed by atoms with Gasteiger partial charge in [-0.3, -0.25) is 10.1 Å². The molecule has 0 atom stereocenters. The van der Waals surface area contributed by atoms with Gasteiger partial charge < -0.3 is 10.2 Å². The van der Waals surface area contributed by atoms with Crippen molar-refractivity contribution in [2.45, 2.75) is 0 Å². The molecule has 0 bridgehead atoms. The van der Waals surface area contributed by atoms with Crippen molar-refractivity contribution in [3.05, 3.63) is 30.3 Å². The summed E-state index contributed by atoms with van der Waals surface area (Å²) in [6.45, 7) is 0. The summed E-state index contributed by atoms with van der Waals surface area (Å²) in [4.78, 5) is 3.93. The van der Waals surface area contributed by atoms with E-state index in [0.29, 0.717) is 11.5 Å². The topological polar surface area (TPSA) is 54.0 Å². The van der Waals surface area contributed by atoms with Gasteiger partial charge in [-0.1, -0.05) is 0 Å². The third-order valence-electron chi connectivity index (χ3n) is 1.28. The average molecular weight is 140 g/mol. The zero-order chi connectivity index (χ0) is 6.97. The minimum Gasteiger partial charge on any atom is -0.479 e. The normalized spacial score (nSPS) is 9.45. The first-order valence-electron chi connectivity index (χ1n) is 2.88. The van der Waals surface area contributed by atoms with E-state index in [2.05, 4.69) is 10.1 Å². The molecule has 0 radical (unpaired) electrons. The van der Waals surface area contributed by atoms with Crippen LogP contribution in [0.4, 0.5) is 5.82 Å². The van der Waals surface area contributed by atoms with Crippen molar-refractivity contribution in [1.82, 2.24) is 14.6 Å². The monoisotopic (exact) mass is 140 g/mol. The van der Waals surface area contributed by atoms with E-state index in [1.165, 1.54) is 10.7 Å². The Morgan fingerprint density at radius 2 is 2.27 bits per heavy atom. The number of nitrogens with one attached hydrogen (secondary N) is 1. The van der Waals surface area contributed by atoms with Gasteiger partial charge in [-0.25, -0.2) is 0 Å². The van der Waals surface area contributed by atoms with E-state index >= 15 is 0 Å². The molecule has 2 rings (SSSR count). The Labute approximate surface area is 75.6 Å². The van der Waals surface area contributed by atoms with Crippen LogP contribution in [0.1, 0.15) is 0 Å². The summed E-state index contributed by atoms with van der Waals surface area (Å²) in [5.74, 6) is 0.315. The van der Waals surface area contributed by atoms with Crippen molar-refractivity contribution >= 4 is 11.5 Å². The molecule has 0 saturated heterocycles. The predicted octanol–water partition coefficient (Wildman–Crippen LogP) is -1.58. The number of fused-ring (bicyclic) bond motifs is 1. The molecular formula is C6H5LiN4. The third kappa shape index (κ3) is 1.23. The van der Waals surface area contributed by atoms with Gasteiger partial charge >= 0.3 is 18.9 Å². The summed E-state index contributed by atoms with van der Waals surface area (Å²) in [7, 11) is 0. The van der Waals surface area contributed by atoms with E-state index in [4.69, 9.17) is 5.73 Å². The summed E-state index contributed by atoms with van der Waals surface area (Å²) in [5.41, 5.74) is 8.00. The van der Waals surface area contributed by atoms with Gasteiger partial charge in [0.05, 0.1) is 5.65 Å². The van der Waals surface area contributed by atoms with Crippen LogP contribution in [0.2, 0.25) is 0 Å². The molecule has 0 spiro atoms. The molecule has 0 aliphatic carbocycles. The van der Waals surface area contributed by atoms with Crippen LogP contribution < -0.4 is 18.9 Å². The van der Waals surface area contributed by atoms with Crippen molar-refractivity contribution in [3.63, 3.8) is 0 Å². The minimum atomic E-state index is 0. The standard InChI is InChI=1S/C6H5N4.Li/c7-5-4-8-6-2-1-3-9-10(5)6;/h1-4,7H;/q-1;+1. The molecule has 0 aromatic carbocycles. The Kier molecular flexibility index (Phi) is 2.18. The molecular weight excluding hydrogens is 135 g/mol. The number of imidazole rings is 1. The third-order valence-corrected chi connectivity index (χ3v) is 1.28. The molecule has 0 fully saturated rings. The van der Waals surface area contributed by atoms with Crippen LogP contribution in [-0.2, 0) is 0 Å². The van der Waals surface area contributed by atoms with Crippen molar-refractivity contribution < 1.29 is 18.9 Å². The fraction of sp³-hybridized carbons (Fsp3) is 0. The van der Waals surface area contributed by atoms with Crippen molar-refractivity contribution in [1.29, 1.82) is 0 Å². The van der Waals surface area contributed by atoms with E-state index in [9.17, 15) is 0 Å². The van der Waals surface area contributed by atoms with Gasteiger partial charge in [0.2, 0.25) is 0 Å². The van der Waals surface area contributed by atoms with E-state index in [1.807, 2.05) is 6.07 Å². The van der Waals surface area contributed by atoms with E-state index in [1.54, 1.807) is 12.3 Å². The summed E-state index contributed by atoms with van der Waals surface area (Å²) < 4.78 is 1.47. The maximum atomic E-state index is 7.28. The summed E-state index contributed by atoms with van der Waals surface area (Å²) in [6, 6.07) is 3.60. The predicted molar refractivity (Wildman–Crippen MR) is 37.0 cm³/mol. The van der Waals surface area contributed by atoms with Gasteiger partial charge in [0.15, 0.2) is 0 Å². The molecule has 11 heavy (non-hydrogen) atoms. The molecule has 5 heteroatoms. The number of hydrogen-bond acceptors (Lipinski definition) is 2.